The van der Waals surface area contributed by atoms with Crippen LogP contribution in [-0.4, -0.2) is 30.2 Å². The molecule has 1 saturated carbocycles. The van der Waals surface area contributed by atoms with Crippen LogP contribution in [-0.2, 0) is 20.7 Å². The van der Waals surface area contributed by atoms with Gasteiger partial charge >= 0.3 is 5.97 Å². The van der Waals surface area contributed by atoms with Crippen molar-refractivity contribution in [1.82, 2.24) is 0 Å². The average Bonchev–Trinajstić information content (AvgIpc) is 2.97. The molecule has 0 spiro atoms. The summed E-state index contributed by atoms with van der Waals surface area (Å²) in [5, 5.41) is 11.9. The molecule has 0 radical (unpaired) electrons. The van der Waals surface area contributed by atoms with Crippen molar-refractivity contribution in [3.05, 3.63) is 29.8 Å². The molecule has 0 atom stereocenters. The largest absolute Gasteiger partial charge is 0.481 e. The fraction of sp³-hybridized carbons (Fsp3) is 0.556. The number of benzene rings is 1. The number of ether oxygens (including phenoxy) is 1. The first kappa shape index (κ1) is 17.5. The smallest absolute Gasteiger partial charge is 0.307 e. The van der Waals surface area contributed by atoms with Crippen molar-refractivity contribution in [3.8, 4) is 0 Å². The highest BCUT2D eigenvalue weighted by molar-refractivity contribution is 5.95. The van der Waals surface area contributed by atoms with Gasteiger partial charge in [0.1, 0.15) is 0 Å². The predicted molar refractivity (Wildman–Crippen MR) is 88.4 cm³/mol. The standard InChI is InChI=1S/C18H25NO4/c1-2-23-11-10-18(8-3-4-9-18)17(22)19-15-7-5-6-14(12-15)13-16(20)21/h5-7,12H,2-4,8-11,13H2,1H3,(H,19,22)(H,20,21). The van der Waals surface area contributed by atoms with Gasteiger partial charge in [-0.2, -0.15) is 0 Å². The van der Waals surface area contributed by atoms with E-state index < -0.39 is 5.97 Å². The van der Waals surface area contributed by atoms with Crippen LogP contribution >= 0.6 is 0 Å². The first-order valence-electron chi connectivity index (χ1n) is 8.26. The minimum absolute atomic E-state index is 0.0298. The van der Waals surface area contributed by atoms with Crippen molar-refractivity contribution in [2.45, 2.75) is 45.4 Å². The van der Waals surface area contributed by atoms with Crippen molar-refractivity contribution in [3.63, 3.8) is 0 Å². The van der Waals surface area contributed by atoms with E-state index in [0.29, 0.717) is 24.5 Å². The molecule has 1 fully saturated rings. The van der Waals surface area contributed by atoms with E-state index in [-0.39, 0.29) is 17.7 Å². The molecule has 0 unspecified atom stereocenters. The Morgan fingerprint density at radius 1 is 1.30 bits per heavy atom. The highest BCUT2D eigenvalue weighted by Gasteiger charge is 2.40. The van der Waals surface area contributed by atoms with Crippen molar-refractivity contribution >= 4 is 17.6 Å². The van der Waals surface area contributed by atoms with E-state index in [1.807, 2.05) is 6.92 Å². The summed E-state index contributed by atoms with van der Waals surface area (Å²) < 4.78 is 5.44. The molecule has 5 heteroatoms. The van der Waals surface area contributed by atoms with Crippen molar-refractivity contribution in [2.75, 3.05) is 18.5 Å². The van der Waals surface area contributed by atoms with E-state index in [1.54, 1.807) is 24.3 Å². The maximum absolute atomic E-state index is 12.8. The maximum atomic E-state index is 12.8. The molecule has 23 heavy (non-hydrogen) atoms. The molecule has 1 aliphatic rings. The number of rotatable bonds is 8. The molecule has 0 bridgehead atoms. The number of amides is 1. The van der Waals surface area contributed by atoms with Crippen LogP contribution in [0.25, 0.3) is 0 Å². The Morgan fingerprint density at radius 2 is 2.04 bits per heavy atom. The number of aliphatic carboxylic acids is 1. The molecule has 1 aromatic rings. The molecule has 1 aromatic carbocycles. The fourth-order valence-corrected chi connectivity index (χ4v) is 3.25. The first-order valence-corrected chi connectivity index (χ1v) is 8.26. The first-order chi connectivity index (χ1) is 11.1. The number of carbonyl (C=O) groups excluding carboxylic acids is 1. The Bertz CT molecular complexity index is 550. The Hall–Kier alpha value is -1.88. The molecular weight excluding hydrogens is 294 g/mol. The average molecular weight is 319 g/mol. The highest BCUT2D eigenvalue weighted by Crippen LogP contribution is 2.42. The second-order valence-corrected chi connectivity index (χ2v) is 6.16. The lowest BCUT2D eigenvalue weighted by Gasteiger charge is -2.27. The van der Waals surface area contributed by atoms with Crippen LogP contribution < -0.4 is 5.32 Å². The van der Waals surface area contributed by atoms with E-state index >= 15 is 0 Å². The molecule has 0 heterocycles. The molecule has 1 amide bonds. The van der Waals surface area contributed by atoms with Gasteiger partial charge in [-0.3, -0.25) is 9.59 Å². The molecule has 0 aliphatic heterocycles. The van der Waals surface area contributed by atoms with Crippen molar-refractivity contribution in [2.24, 2.45) is 5.41 Å². The molecule has 2 rings (SSSR count). The fourth-order valence-electron chi connectivity index (χ4n) is 3.25. The Morgan fingerprint density at radius 3 is 2.70 bits per heavy atom. The lowest BCUT2D eigenvalue weighted by atomic mass is 9.82. The second kappa shape index (κ2) is 8.11. The van der Waals surface area contributed by atoms with Gasteiger partial charge in [-0.05, 0) is 43.9 Å². The molecule has 0 aromatic heterocycles. The summed E-state index contributed by atoms with van der Waals surface area (Å²) in [7, 11) is 0. The zero-order valence-electron chi connectivity index (χ0n) is 13.6. The number of carbonyl (C=O) groups is 2. The minimum atomic E-state index is -0.877. The third-order valence-electron chi connectivity index (χ3n) is 4.51. The summed E-state index contributed by atoms with van der Waals surface area (Å²) in [6.07, 6.45) is 4.61. The number of carboxylic acids is 1. The number of hydrogen-bond acceptors (Lipinski definition) is 3. The zero-order valence-corrected chi connectivity index (χ0v) is 13.6. The van der Waals surface area contributed by atoms with Gasteiger partial charge in [-0.15, -0.1) is 0 Å². The Kier molecular flexibility index (Phi) is 6.16. The summed E-state index contributed by atoms with van der Waals surface area (Å²) >= 11 is 0. The highest BCUT2D eigenvalue weighted by atomic mass is 16.5. The van der Waals surface area contributed by atoms with Gasteiger partial charge in [-0.1, -0.05) is 25.0 Å². The van der Waals surface area contributed by atoms with E-state index in [1.165, 1.54) is 0 Å². The predicted octanol–water partition coefficient (Wildman–Crippen LogP) is 3.24. The van der Waals surface area contributed by atoms with Crippen LogP contribution in [0.5, 0.6) is 0 Å². The number of nitrogens with one attached hydrogen (secondary N) is 1. The van der Waals surface area contributed by atoms with Crippen LogP contribution in [0.1, 0.15) is 44.6 Å². The van der Waals surface area contributed by atoms with Crippen molar-refractivity contribution in [1.29, 1.82) is 0 Å². The molecule has 1 aliphatic carbocycles. The van der Waals surface area contributed by atoms with E-state index in [4.69, 9.17) is 9.84 Å². The monoisotopic (exact) mass is 319 g/mol. The van der Waals surface area contributed by atoms with Gasteiger partial charge in [0.25, 0.3) is 0 Å². The molecule has 0 saturated heterocycles. The summed E-state index contributed by atoms with van der Waals surface area (Å²) in [5.41, 5.74) is 0.999. The quantitative estimate of drug-likeness (QED) is 0.721. The van der Waals surface area contributed by atoms with Gasteiger partial charge in [-0.25, -0.2) is 0 Å². The lowest BCUT2D eigenvalue weighted by Crippen LogP contribution is -2.35. The topological polar surface area (TPSA) is 75.6 Å². The number of anilines is 1. The maximum Gasteiger partial charge on any atom is 0.307 e. The van der Waals surface area contributed by atoms with Gasteiger partial charge in [0.2, 0.25) is 5.91 Å². The van der Waals surface area contributed by atoms with E-state index in [0.717, 1.165) is 32.1 Å². The second-order valence-electron chi connectivity index (χ2n) is 6.16. The van der Waals surface area contributed by atoms with Gasteiger partial charge in [0.15, 0.2) is 0 Å². The lowest BCUT2D eigenvalue weighted by molar-refractivity contribution is -0.136. The third kappa shape index (κ3) is 4.79. The summed E-state index contributed by atoms with van der Waals surface area (Å²) in [6.45, 7) is 3.22. The van der Waals surface area contributed by atoms with E-state index in [9.17, 15) is 9.59 Å². The SMILES string of the molecule is CCOCCC1(C(=O)Nc2cccc(CC(=O)O)c2)CCCC1. The molecule has 5 nitrogen and oxygen atoms in total. The number of carboxylic acid groups (broad SMARTS) is 1. The molecule has 2 N–H and O–H groups in total. The van der Waals surface area contributed by atoms with Gasteiger partial charge in [0, 0.05) is 18.9 Å². The Labute approximate surface area is 137 Å². The van der Waals surface area contributed by atoms with Crippen LogP contribution in [0.2, 0.25) is 0 Å². The summed E-state index contributed by atoms with van der Waals surface area (Å²) in [4.78, 5) is 23.6. The summed E-state index contributed by atoms with van der Waals surface area (Å²) in [5.74, 6) is -0.848. The third-order valence-corrected chi connectivity index (χ3v) is 4.51. The van der Waals surface area contributed by atoms with Gasteiger partial charge in [0.05, 0.1) is 11.8 Å². The normalized spacial score (nSPS) is 16.2. The van der Waals surface area contributed by atoms with E-state index in [2.05, 4.69) is 5.32 Å². The molecular formula is C18H25NO4. The van der Waals surface area contributed by atoms with Crippen LogP contribution in [0.15, 0.2) is 24.3 Å². The van der Waals surface area contributed by atoms with Gasteiger partial charge < -0.3 is 15.2 Å². The summed E-state index contributed by atoms with van der Waals surface area (Å²) in [6, 6.07) is 7.06. The van der Waals surface area contributed by atoms with Crippen LogP contribution in [0, 0.1) is 5.41 Å². The minimum Gasteiger partial charge on any atom is -0.481 e. The Balaban J connectivity index is 2.05. The van der Waals surface area contributed by atoms with Crippen LogP contribution in [0.3, 0.4) is 0 Å². The number of hydrogen-bond donors (Lipinski definition) is 2. The van der Waals surface area contributed by atoms with Crippen molar-refractivity contribution < 1.29 is 19.4 Å². The molecule has 126 valence electrons. The van der Waals surface area contributed by atoms with Crippen LogP contribution in [0.4, 0.5) is 5.69 Å². The zero-order chi connectivity index (χ0) is 16.7.